The zero-order valence-electron chi connectivity index (χ0n) is 12.2. The van der Waals surface area contributed by atoms with Crippen LogP contribution < -0.4 is 10.9 Å². The third-order valence-corrected chi connectivity index (χ3v) is 4.86. The van der Waals surface area contributed by atoms with Crippen LogP contribution in [0.5, 0.6) is 0 Å². The molecule has 2 aromatic rings. The number of nitrogens with zero attached hydrogens (tertiary/aromatic N) is 2. The summed E-state index contributed by atoms with van der Waals surface area (Å²) in [6.07, 6.45) is 3.00. The van der Waals surface area contributed by atoms with E-state index in [1.165, 1.54) is 35.1 Å². The molecular weight excluding hydrogens is 391 g/mol. The lowest BCUT2D eigenvalue weighted by Crippen LogP contribution is -2.22. The van der Waals surface area contributed by atoms with Gasteiger partial charge >= 0.3 is 0 Å². The zero-order valence-corrected chi connectivity index (χ0v) is 15.3. The van der Waals surface area contributed by atoms with Crippen LogP contribution in [0.2, 0.25) is 8.67 Å². The van der Waals surface area contributed by atoms with E-state index in [1.54, 1.807) is 24.3 Å². The first-order valence-corrected chi connectivity index (χ1v) is 9.06. The van der Waals surface area contributed by atoms with Gasteiger partial charge in [0.2, 0.25) is 11.8 Å². The molecular formula is C14H12Cl2N4O2S2. The molecule has 0 atom stereocenters. The largest absolute Gasteiger partial charge is 0.273 e. The molecule has 24 heavy (non-hydrogen) atoms. The number of hydrogen-bond acceptors (Lipinski definition) is 6. The zero-order chi connectivity index (χ0) is 17.4. The van der Waals surface area contributed by atoms with Crippen molar-refractivity contribution in [3.8, 4) is 0 Å². The average molecular weight is 403 g/mol. The maximum absolute atomic E-state index is 11.6. The van der Waals surface area contributed by atoms with Crippen LogP contribution in [-0.2, 0) is 9.59 Å². The van der Waals surface area contributed by atoms with Gasteiger partial charge in [-0.3, -0.25) is 9.59 Å². The quantitative estimate of drug-likeness (QED) is 0.548. The van der Waals surface area contributed by atoms with Gasteiger partial charge in [-0.2, -0.15) is 10.2 Å². The number of nitrogens with one attached hydrogen (secondary N) is 2. The molecule has 0 aliphatic carbocycles. The van der Waals surface area contributed by atoms with Gasteiger partial charge in [-0.05, 0) is 24.3 Å². The first kappa shape index (κ1) is 18.6. The molecule has 0 aliphatic rings. The normalized spacial score (nSPS) is 11.2. The van der Waals surface area contributed by atoms with Crippen LogP contribution in [0.25, 0.3) is 0 Å². The lowest BCUT2D eigenvalue weighted by atomic mass is 10.3. The van der Waals surface area contributed by atoms with E-state index in [1.807, 2.05) is 0 Å². The van der Waals surface area contributed by atoms with Crippen molar-refractivity contribution in [2.75, 3.05) is 0 Å². The highest BCUT2D eigenvalue weighted by Crippen LogP contribution is 2.20. The minimum atomic E-state index is -0.363. The van der Waals surface area contributed by atoms with Crippen molar-refractivity contribution in [2.45, 2.75) is 12.8 Å². The average Bonchev–Trinajstić information content (AvgIpc) is 3.14. The lowest BCUT2D eigenvalue weighted by Gasteiger charge is -1.99. The van der Waals surface area contributed by atoms with Crippen molar-refractivity contribution in [2.24, 2.45) is 10.2 Å². The van der Waals surface area contributed by atoms with Crippen LogP contribution in [0, 0.1) is 0 Å². The highest BCUT2D eigenvalue weighted by molar-refractivity contribution is 7.18. The molecule has 0 saturated carbocycles. The van der Waals surface area contributed by atoms with Crippen molar-refractivity contribution in [3.63, 3.8) is 0 Å². The van der Waals surface area contributed by atoms with E-state index in [9.17, 15) is 9.59 Å². The Bertz CT molecular complexity index is 706. The van der Waals surface area contributed by atoms with E-state index in [4.69, 9.17) is 23.2 Å². The molecule has 2 heterocycles. The molecule has 126 valence electrons. The van der Waals surface area contributed by atoms with Crippen LogP contribution in [0.1, 0.15) is 22.6 Å². The van der Waals surface area contributed by atoms with Crippen molar-refractivity contribution in [1.82, 2.24) is 10.9 Å². The van der Waals surface area contributed by atoms with Gasteiger partial charge in [0.1, 0.15) is 0 Å². The summed E-state index contributed by atoms with van der Waals surface area (Å²) in [7, 11) is 0. The minimum Gasteiger partial charge on any atom is -0.273 e. The Hall–Kier alpha value is -1.74. The summed E-state index contributed by atoms with van der Waals surface area (Å²) < 4.78 is 1.29. The topological polar surface area (TPSA) is 82.9 Å². The van der Waals surface area contributed by atoms with E-state index < -0.39 is 0 Å². The van der Waals surface area contributed by atoms with Gasteiger partial charge in [-0.25, -0.2) is 10.9 Å². The molecule has 2 amide bonds. The Balaban J connectivity index is 1.64. The molecule has 0 bridgehead atoms. The lowest BCUT2D eigenvalue weighted by molar-refractivity contribution is -0.126. The molecule has 0 unspecified atom stereocenters. The van der Waals surface area contributed by atoms with E-state index in [2.05, 4.69) is 21.1 Å². The fraction of sp³-hybridized carbons (Fsp3) is 0.143. The number of hydrazone groups is 2. The second kappa shape index (κ2) is 9.53. The first-order valence-electron chi connectivity index (χ1n) is 6.67. The van der Waals surface area contributed by atoms with Crippen molar-refractivity contribution < 1.29 is 9.59 Å². The molecule has 2 aromatic heterocycles. The summed E-state index contributed by atoms with van der Waals surface area (Å²) in [5, 5.41) is 7.58. The molecule has 0 aliphatic heterocycles. The third-order valence-electron chi connectivity index (χ3n) is 2.53. The monoisotopic (exact) mass is 402 g/mol. The highest BCUT2D eigenvalue weighted by Gasteiger charge is 2.05. The fourth-order valence-corrected chi connectivity index (χ4v) is 3.34. The molecule has 10 heteroatoms. The van der Waals surface area contributed by atoms with Gasteiger partial charge in [-0.15, -0.1) is 22.7 Å². The predicted molar refractivity (Wildman–Crippen MR) is 99.4 cm³/mol. The Morgan fingerprint density at radius 2 is 1.29 bits per heavy atom. The van der Waals surface area contributed by atoms with E-state index in [0.717, 1.165) is 9.75 Å². The molecule has 0 aromatic carbocycles. The third kappa shape index (κ3) is 6.79. The second-order valence-electron chi connectivity index (χ2n) is 4.37. The number of carbonyl (C=O) groups is 2. The van der Waals surface area contributed by atoms with Crippen molar-refractivity contribution in [3.05, 3.63) is 42.7 Å². The minimum absolute atomic E-state index is 0.00865. The Labute approximate surface area is 156 Å². The molecule has 0 fully saturated rings. The van der Waals surface area contributed by atoms with Gasteiger partial charge in [0.25, 0.3) is 0 Å². The van der Waals surface area contributed by atoms with Crippen molar-refractivity contribution >= 4 is 70.1 Å². The van der Waals surface area contributed by atoms with E-state index in [0.29, 0.717) is 8.67 Å². The predicted octanol–water partition coefficient (Wildman–Crippen LogP) is 3.50. The van der Waals surface area contributed by atoms with Crippen LogP contribution in [0.3, 0.4) is 0 Å². The molecule has 0 saturated heterocycles. The number of thiophene rings is 2. The summed E-state index contributed by atoms with van der Waals surface area (Å²) in [6, 6.07) is 7.05. The Kier molecular flexibility index (Phi) is 7.38. The van der Waals surface area contributed by atoms with Gasteiger partial charge in [0.15, 0.2) is 0 Å². The number of amides is 2. The molecule has 2 rings (SSSR count). The Morgan fingerprint density at radius 1 is 0.875 bits per heavy atom. The second-order valence-corrected chi connectivity index (χ2v) is 7.86. The molecule has 0 spiro atoms. The van der Waals surface area contributed by atoms with E-state index in [-0.39, 0.29) is 24.7 Å². The summed E-state index contributed by atoms with van der Waals surface area (Å²) in [6.45, 7) is 0. The number of carbonyl (C=O) groups excluding carboxylic acids is 2. The smallest absolute Gasteiger partial charge is 0.240 e. The maximum atomic E-state index is 11.6. The summed E-state index contributed by atoms with van der Waals surface area (Å²) >= 11 is 14.2. The van der Waals surface area contributed by atoms with Gasteiger partial charge in [0.05, 0.1) is 21.1 Å². The van der Waals surface area contributed by atoms with Crippen LogP contribution >= 0.6 is 45.9 Å². The number of hydrogen-bond donors (Lipinski definition) is 2. The standard InChI is InChI=1S/C14H12Cl2N4O2S2/c15-11-3-1-9(23-11)7-17-19-13(21)5-6-14(22)20-18-8-10-2-4-12(16)24-10/h1-4,7-8H,5-6H2,(H,19,21)(H,20,22)/b17-7-,18-8-. The highest BCUT2D eigenvalue weighted by atomic mass is 35.5. The molecule has 6 nitrogen and oxygen atoms in total. The summed E-state index contributed by atoms with van der Waals surface area (Å²) in [5.74, 6) is -0.726. The number of rotatable bonds is 7. The molecule has 2 N–H and O–H groups in total. The fourth-order valence-electron chi connectivity index (χ4n) is 1.47. The first-order chi connectivity index (χ1) is 11.5. The van der Waals surface area contributed by atoms with E-state index >= 15 is 0 Å². The van der Waals surface area contributed by atoms with Gasteiger partial charge in [0, 0.05) is 22.6 Å². The van der Waals surface area contributed by atoms with Crippen LogP contribution in [0.15, 0.2) is 34.5 Å². The van der Waals surface area contributed by atoms with Crippen LogP contribution in [0.4, 0.5) is 0 Å². The molecule has 0 radical (unpaired) electrons. The van der Waals surface area contributed by atoms with Crippen LogP contribution in [-0.4, -0.2) is 24.2 Å². The van der Waals surface area contributed by atoms with Crippen molar-refractivity contribution in [1.29, 1.82) is 0 Å². The Morgan fingerprint density at radius 3 is 1.62 bits per heavy atom. The van der Waals surface area contributed by atoms with Gasteiger partial charge in [-0.1, -0.05) is 23.2 Å². The maximum Gasteiger partial charge on any atom is 0.240 e. The SMILES string of the molecule is O=C(CCC(=O)N/N=C\c1ccc(Cl)s1)N/N=C\c1ccc(Cl)s1. The number of halogens is 2. The summed E-state index contributed by atoms with van der Waals surface area (Å²) in [5.41, 5.74) is 4.69. The summed E-state index contributed by atoms with van der Waals surface area (Å²) in [4.78, 5) is 24.8. The van der Waals surface area contributed by atoms with Gasteiger partial charge < -0.3 is 0 Å².